The summed E-state index contributed by atoms with van der Waals surface area (Å²) in [5, 5.41) is 3.00. The minimum atomic E-state index is -0.417. The van der Waals surface area contributed by atoms with Gasteiger partial charge in [0, 0.05) is 25.1 Å². The van der Waals surface area contributed by atoms with Crippen LogP contribution in [0.2, 0.25) is 0 Å². The summed E-state index contributed by atoms with van der Waals surface area (Å²) in [7, 11) is 0. The van der Waals surface area contributed by atoms with Crippen LogP contribution in [-0.4, -0.2) is 41.5 Å². The fourth-order valence-electron chi connectivity index (χ4n) is 2.63. The van der Waals surface area contributed by atoms with E-state index < -0.39 is 5.91 Å². The minimum absolute atomic E-state index is 0.152. The molecule has 0 bridgehead atoms. The third-order valence-corrected chi connectivity index (χ3v) is 5.12. The Morgan fingerprint density at radius 2 is 1.90 bits per heavy atom. The van der Waals surface area contributed by atoms with Crippen LogP contribution >= 0.6 is 28.1 Å². The Hall–Kier alpha value is -2.45. The monoisotopic (exact) mass is 477 g/mol. The molecule has 0 aliphatic carbocycles. The number of benzene rings is 2. The molecular formula is C21H24BrN3O3S. The second-order valence-corrected chi connectivity index (χ2v) is 7.52. The average Bonchev–Trinajstić information content (AvgIpc) is 2.70. The molecule has 0 aromatic heterocycles. The topological polar surface area (TPSA) is 84.7 Å². The number of nitrogens with two attached hydrogens (primary N) is 1. The van der Waals surface area contributed by atoms with Gasteiger partial charge in [0.15, 0.2) is 5.11 Å². The average molecular weight is 478 g/mol. The van der Waals surface area contributed by atoms with E-state index in [4.69, 9.17) is 22.7 Å². The Morgan fingerprint density at radius 3 is 2.52 bits per heavy atom. The van der Waals surface area contributed by atoms with E-state index in [0.29, 0.717) is 35.5 Å². The molecule has 0 saturated heterocycles. The predicted octanol–water partition coefficient (Wildman–Crippen LogP) is 3.28. The van der Waals surface area contributed by atoms with Crippen molar-refractivity contribution in [3.05, 3.63) is 64.1 Å². The van der Waals surface area contributed by atoms with Crippen LogP contribution in [0.5, 0.6) is 5.75 Å². The van der Waals surface area contributed by atoms with Crippen LogP contribution in [0.3, 0.4) is 0 Å². The van der Waals surface area contributed by atoms with Crippen molar-refractivity contribution in [2.45, 2.75) is 19.8 Å². The molecule has 0 atom stereocenters. The first-order chi connectivity index (χ1) is 13.9. The number of nitrogens with zero attached hydrogens (tertiary/aromatic N) is 1. The molecule has 3 N–H and O–H groups in total. The molecular weight excluding hydrogens is 454 g/mol. The lowest BCUT2D eigenvalue weighted by Crippen LogP contribution is -2.44. The van der Waals surface area contributed by atoms with Gasteiger partial charge in [-0.1, -0.05) is 30.3 Å². The normalized spacial score (nSPS) is 10.3. The van der Waals surface area contributed by atoms with E-state index >= 15 is 0 Å². The highest BCUT2D eigenvalue weighted by molar-refractivity contribution is 9.10. The van der Waals surface area contributed by atoms with Crippen molar-refractivity contribution in [3.8, 4) is 5.75 Å². The molecule has 0 radical (unpaired) electrons. The van der Waals surface area contributed by atoms with Crippen molar-refractivity contribution in [1.29, 1.82) is 0 Å². The first-order valence-corrected chi connectivity index (χ1v) is 10.5. The highest BCUT2D eigenvalue weighted by atomic mass is 79.9. The molecule has 0 unspecified atom stereocenters. The molecule has 154 valence electrons. The van der Waals surface area contributed by atoms with E-state index in [2.05, 4.69) is 21.2 Å². The molecule has 0 saturated carbocycles. The molecule has 2 aromatic carbocycles. The number of primary amides is 1. The Labute approximate surface area is 184 Å². The summed E-state index contributed by atoms with van der Waals surface area (Å²) >= 11 is 8.83. The predicted molar refractivity (Wildman–Crippen MR) is 121 cm³/mol. The summed E-state index contributed by atoms with van der Waals surface area (Å²) in [5.74, 6) is -0.0839. The first kappa shape index (κ1) is 22.8. The number of amides is 2. The van der Waals surface area contributed by atoms with E-state index in [1.165, 1.54) is 0 Å². The molecule has 29 heavy (non-hydrogen) atoms. The van der Waals surface area contributed by atoms with E-state index in [-0.39, 0.29) is 17.4 Å². The molecule has 0 aliphatic heterocycles. The van der Waals surface area contributed by atoms with Crippen LogP contribution < -0.4 is 15.8 Å². The van der Waals surface area contributed by atoms with Crippen LogP contribution in [0.4, 0.5) is 0 Å². The molecule has 0 heterocycles. The van der Waals surface area contributed by atoms with Gasteiger partial charge in [0.05, 0.1) is 11.1 Å². The van der Waals surface area contributed by atoms with Crippen molar-refractivity contribution in [2.75, 3.05) is 19.7 Å². The fourth-order valence-corrected chi connectivity index (χ4v) is 3.40. The van der Waals surface area contributed by atoms with Crippen LogP contribution in [0.15, 0.2) is 53.0 Å². The van der Waals surface area contributed by atoms with Gasteiger partial charge in [0.1, 0.15) is 5.75 Å². The number of ether oxygens (including phenoxy) is 1. The van der Waals surface area contributed by atoms with E-state index in [0.717, 1.165) is 12.0 Å². The molecule has 0 fully saturated rings. The van der Waals surface area contributed by atoms with Crippen LogP contribution in [0, 0.1) is 0 Å². The van der Waals surface area contributed by atoms with Crippen molar-refractivity contribution in [2.24, 2.45) is 5.73 Å². The zero-order chi connectivity index (χ0) is 21.2. The lowest BCUT2D eigenvalue weighted by Gasteiger charge is -2.25. The number of rotatable bonds is 9. The Balaban J connectivity index is 2.04. The Kier molecular flexibility index (Phi) is 9.08. The Bertz CT molecular complexity index is 862. The van der Waals surface area contributed by atoms with Crippen molar-refractivity contribution >= 4 is 45.1 Å². The molecule has 2 rings (SSSR count). The van der Waals surface area contributed by atoms with Gasteiger partial charge in [0.2, 0.25) is 5.91 Å². The summed E-state index contributed by atoms with van der Waals surface area (Å²) in [5.41, 5.74) is 6.87. The Morgan fingerprint density at radius 1 is 1.17 bits per heavy atom. The number of carbonyl (C=O) groups excluding carboxylic acids is 2. The molecule has 2 amide bonds. The van der Waals surface area contributed by atoms with Gasteiger partial charge < -0.3 is 15.4 Å². The van der Waals surface area contributed by atoms with Crippen LogP contribution in [-0.2, 0) is 11.2 Å². The highest BCUT2D eigenvalue weighted by Crippen LogP contribution is 2.26. The number of nitrogens with one attached hydrogen (secondary N) is 1. The van der Waals surface area contributed by atoms with E-state index in [1.54, 1.807) is 23.1 Å². The quantitative estimate of drug-likeness (QED) is 0.541. The van der Waals surface area contributed by atoms with Gasteiger partial charge in [-0.2, -0.15) is 0 Å². The lowest BCUT2D eigenvalue weighted by atomic mass is 10.1. The van der Waals surface area contributed by atoms with Gasteiger partial charge in [-0.05, 0) is 65.3 Å². The molecule has 2 aromatic rings. The van der Waals surface area contributed by atoms with Crippen molar-refractivity contribution in [3.63, 3.8) is 0 Å². The molecule has 0 aliphatic rings. The summed E-state index contributed by atoms with van der Waals surface area (Å²) in [6, 6.07) is 15.0. The third-order valence-electron chi connectivity index (χ3n) is 4.14. The SMILES string of the molecule is CCOc1ccc(C(=O)NC(=S)N(CCC(N)=O)CCc2ccccc2)cc1Br. The highest BCUT2D eigenvalue weighted by Gasteiger charge is 2.16. The maximum Gasteiger partial charge on any atom is 0.257 e. The summed E-state index contributed by atoms with van der Waals surface area (Å²) in [6.45, 7) is 3.32. The second-order valence-electron chi connectivity index (χ2n) is 6.28. The van der Waals surface area contributed by atoms with Crippen molar-refractivity contribution < 1.29 is 14.3 Å². The van der Waals surface area contributed by atoms with Crippen molar-refractivity contribution in [1.82, 2.24) is 10.2 Å². The number of carbonyl (C=O) groups is 2. The number of thiocarbonyl (C=S) groups is 1. The van der Waals surface area contributed by atoms with Gasteiger partial charge in [0.25, 0.3) is 5.91 Å². The standard InChI is InChI=1S/C21H24BrN3O3S/c1-2-28-18-9-8-16(14-17(18)22)20(27)24-21(29)25(13-11-19(23)26)12-10-15-6-4-3-5-7-15/h3-9,14H,2,10-13H2,1H3,(H2,23,26)(H,24,27,29). The van der Waals surface area contributed by atoms with Crippen LogP contribution in [0.1, 0.15) is 29.3 Å². The molecule has 6 nitrogen and oxygen atoms in total. The number of hydrogen-bond acceptors (Lipinski definition) is 4. The zero-order valence-electron chi connectivity index (χ0n) is 16.2. The third kappa shape index (κ3) is 7.47. The summed E-state index contributed by atoms with van der Waals surface area (Å²) in [6.07, 6.45) is 0.879. The molecule has 8 heteroatoms. The smallest absolute Gasteiger partial charge is 0.257 e. The lowest BCUT2D eigenvalue weighted by molar-refractivity contribution is -0.118. The van der Waals surface area contributed by atoms with Gasteiger partial charge in [-0.15, -0.1) is 0 Å². The number of halogens is 1. The van der Waals surface area contributed by atoms with Crippen LogP contribution in [0.25, 0.3) is 0 Å². The molecule has 0 spiro atoms. The first-order valence-electron chi connectivity index (χ1n) is 9.25. The fraction of sp³-hybridized carbons (Fsp3) is 0.286. The maximum absolute atomic E-state index is 12.6. The summed E-state index contributed by atoms with van der Waals surface area (Å²) < 4.78 is 6.15. The van der Waals surface area contributed by atoms with E-state index in [1.807, 2.05) is 37.3 Å². The van der Waals surface area contributed by atoms with Gasteiger partial charge in [-0.3, -0.25) is 14.9 Å². The minimum Gasteiger partial charge on any atom is -0.493 e. The maximum atomic E-state index is 12.6. The van der Waals surface area contributed by atoms with E-state index in [9.17, 15) is 9.59 Å². The largest absolute Gasteiger partial charge is 0.493 e. The summed E-state index contributed by atoms with van der Waals surface area (Å²) in [4.78, 5) is 25.6. The van der Waals surface area contributed by atoms with Gasteiger partial charge in [-0.25, -0.2) is 0 Å². The second kappa shape index (κ2) is 11.5. The number of hydrogen-bond donors (Lipinski definition) is 2. The zero-order valence-corrected chi connectivity index (χ0v) is 18.6. The van der Waals surface area contributed by atoms with Gasteiger partial charge >= 0.3 is 0 Å².